The monoisotopic (exact) mass is 413 g/mol. The van der Waals surface area contributed by atoms with E-state index in [2.05, 4.69) is 34.7 Å². The van der Waals surface area contributed by atoms with Crippen LogP contribution in [0.3, 0.4) is 0 Å². The summed E-state index contributed by atoms with van der Waals surface area (Å²) in [6.45, 7) is 5.96. The highest BCUT2D eigenvalue weighted by atomic mass is 32.2. The summed E-state index contributed by atoms with van der Waals surface area (Å²) in [6, 6.07) is 4.46. The van der Waals surface area contributed by atoms with Gasteiger partial charge in [-0.2, -0.15) is 0 Å². The number of nitrogens with one attached hydrogen (secondary N) is 1. The van der Waals surface area contributed by atoms with E-state index in [9.17, 15) is 13.2 Å². The Bertz CT molecular complexity index is 705. The number of piperidine rings is 2. The van der Waals surface area contributed by atoms with E-state index in [-0.39, 0.29) is 17.9 Å². The van der Waals surface area contributed by atoms with Gasteiger partial charge in [-0.15, -0.1) is 11.3 Å². The van der Waals surface area contributed by atoms with Crippen molar-refractivity contribution in [1.29, 1.82) is 0 Å². The smallest absolute Gasteiger partial charge is 0.223 e. The molecule has 1 amide bonds. The Morgan fingerprint density at radius 3 is 2.44 bits per heavy atom. The quantitative estimate of drug-likeness (QED) is 0.777. The van der Waals surface area contributed by atoms with E-state index in [1.54, 1.807) is 11.3 Å². The van der Waals surface area contributed by atoms with Crippen molar-refractivity contribution >= 4 is 27.3 Å². The molecule has 1 atom stereocenters. The molecule has 0 radical (unpaired) electrons. The van der Waals surface area contributed by atoms with E-state index in [4.69, 9.17) is 0 Å². The third-order valence-corrected chi connectivity index (χ3v) is 8.17. The molecule has 152 valence electrons. The summed E-state index contributed by atoms with van der Waals surface area (Å²) in [4.78, 5) is 16.5. The molecule has 3 rings (SSSR count). The van der Waals surface area contributed by atoms with Crippen molar-refractivity contribution in [2.75, 3.05) is 39.0 Å². The fraction of sp³-hybridized carbons (Fsp3) is 0.737. The number of hydrogen-bond acceptors (Lipinski definition) is 5. The van der Waals surface area contributed by atoms with Crippen molar-refractivity contribution in [3.63, 3.8) is 0 Å². The average Bonchev–Trinajstić information content (AvgIpc) is 3.17. The summed E-state index contributed by atoms with van der Waals surface area (Å²) in [5.74, 6) is 0.753. The van der Waals surface area contributed by atoms with Gasteiger partial charge in [-0.3, -0.25) is 9.69 Å². The van der Waals surface area contributed by atoms with Gasteiger partial charge in [0.05, 0.1) is 12.3 Å². The summed E-state index contributed by atoms with van der Waals surface area (Å²) >= 11 is 1.75. The number of carbonyl (C=O) groups is 1. The van der Waals surface area contributed by atoms with Crippen LogP contribution in [0.25, 0.3) is 0 Å². The number of nitrogens with zero attached hydrogens (tertiary/aromatic N) is 2. The maximum atomic E-state index is 12.7. The first-order valence-corrected chi connectivity index (χ1v) is 12.6. The molecule has 8 heteroatoms. The number of thiophene rings is 1. The largest absolute Gasteiger partial charge is 0.354 e. The molecule has 0 aliphatic carbocycles. The molecule has 0 spiro atoms. The van der Waals surface area contributed by atoms with Gasteiger partial charge in [0.2, 0.25) is 15.9 Å². The van der Waals surface area contributed by atoms with Crippen molar-refractivity contribution in [2.24, 2.45) is 11.8 Å². The van der Waals surface area contributed by atoms with Crippen molar-refractivity contribution < 1.29 is 13.2 Å². The van der Waals surface area contributed by atoms with Crippen LogP contribution >= 0.6 is 11.3 Å². The van der Waals surface area contributed by atoms with Gasteiger partial charge in [0.25, 0.3) is 0 Å². The van der Waals surface area contributed by atoms with Gasteiger partial charge in [-0.05, 0) is 56.1 Å². The molecular formula is C19H31N3O3S2. The van der Waals surface area contributed by atoms with Crippen LogP contribution in [0.1, 0.15) is 43.5 Å². The Labute approximate surface area is 167 Å². The highest BCUT2D eigenvalue weighted by Crippen LogP contribution is 2.29. The molecule has 2 saturated heterocycles. The summed E-state index contributed by atoms with van der Waals surface area (Å²) in [6.07, 6.45) is 4.85. The van der Waals surface area contributed by atoms with Crippen molar-refractivity contribution in [3.8, 4) is 0 Å². The zero-order valence-electron chi connectivity index (χ0n) is 16.3. The molecule has 27 heavy (non-hydrogen) atoms. The highest BCUT2D eigenvalue weighted by Gasteiger charge is 2.30. The average molecular weight is 414 g/mol. The molecule has 2 fully saturated rings. The lowest BCUT2D eigenvalue weighted by Crippen LogP contribution is -2.45. The molecule has 1 unspecified atom stereocenters. The predicted octanol–water partition coefficient (Wildman–Crippen LogP) is 2.31. The molecule has 0 bridgehead atoms. The molecular weight excluding hydrogens is 382 g/mol. The van der Waals surface area contributed by atoms with Crippen LogP contribution in [-0.4, -0.2) is 62.5 Å². The highest BCUT2D eigenvalue weighted by molar-refractivity contribution is 7.88. The minimum absolute atomic E-state index is 0.0649. The first kappa shape index (κ1) is 20.8. The number of rotatable bonds is 6. The molecule has 0 aromatic carbocycles. The Morgan fingerprint density at radius 1 is 1.22 bits per heavy atom. The molecule has 2 aliphatic heterocycles. The molecule has 1 aromatic heterocycles. The summed E-state index contributed by atoms with van der Waals surface area (Å²) in [5.41, 5.74) is 0. The zero-order valence-corrected chi connectivity index (χ0v) is 17.9. The zero-order chi connectivity index (χ0) is 19.4. The lowest BCUT2D eigenvalue weighted by atomic mass is 9.96. The minimum atomic E-state index is -3.15. The first-order chi connectivity index (χ1) is 12.8. The fourth-order valence-corrected chi connectivity index (χ4v) is 5.76. The number of amides is 1. The third kappa shape index (κ3) is 5.53. The van der Waals surface area contributed by atoms with Crippen LogP contribution in [0, 0.1) is 11.8 Å². The first-order valence-electron chi connectivity index (χ1n) is 9.85. The third-order valence-electron chi connectivity index (χ3n) is 5.89. The maximum absolute atomic E-state index is 12.7. The lowest BCUT2D eigenvalue weighted by Gasteiger charge is -2.37. The van der Waals surface area contributed by atoms with Crippen LogP contribution < -0.4 is 5.32 Å². The standard InChI is InChI=1S/C19H31N3O3S2/c1-15-5-9-21(10-6-15)17(18-4-3-13-26-18)14-20-19(23)16-7-11-22(12-8-16)27(2,24)25/h3-4,13,15-17H,5-12,14H2,1-2H3,(H,20,23). The molecule has 1 aromatic rings. The van der Waals surface area contributed by atoms with E-state index < -0.39 is 10.0 Å². The topological polar surface area (TPSA) is 69.7 Å². The normalized spacial score (nSPS) is 22.6. The second kappa shape index (κ2) is 9.03. The second-order valence-electron chi connectivity index (χ2n) is 7.93. The van der Waals surface area contributed by atoms with E-state index in [0.717, 1.165) is 19.0 Å². The van der Waals surface area contributed by atoms with Gasteiger partial charge in [0, 0.05) is 30.4 Å². The van der Waals surface area contributed by atoms with Crippen LogP contribution in [0.2, 0.25) is 0 Å². The van der Waals surface area contributed by atoms with Gasteiger partial charge in [0.1, 0.15) is 0 Å². The lowest BCUT2D eigenvalue weighted by molar-refractivity contribution is -0.126. The SMILES string of the molecule is CC1CCN(C(CNC(=O)C2CCN(S(C)(=O)=O)CC2)c2cccs2)CC1. The van der Waals surface area contributed by atoms with Crippen LogP contribution in [-0.2, 0) is 14.8 Å². The molecule has 3 heterocycles. The van der Waals surface area contributed by atoms with Gasteiger partial charge in [0.15, 0.2) is 0 Å². The Hall–Kier alpha value is -0.960. The molecule has 0 saturated carbocycles. The Balaban J connectivity index is 1.55. The van der Waals surface area contributed by atoms with E-state index in [1.807, 2.05) is 0 Å². The molecule has 2 aliphatic rings. The van der Waals surface area contributed by atoms with E-state index in [0.29, 0.717) is 32.5 Å². The number of sulfonamides is 1. The second-order valence-corrected chi connectivity index (χ2v) is 10.9. The van der Waals surface area contributed by atoms with E-state index >= 15 is 0 Å². The number of carbonyl (C=O) groups excluding carboxylic acids is 1. The number of likely N-dealkylation sites (tertiary alicyclic amines) is 1. The van der Waals surface area contributed by atoms with Crippen molar-refractivity contribution in [1.82, 2.24) is 14.5 Å². The Kier molecular flexibility index (Phi) is 6.94. The van der Waals surface area contributed by atoms with Gasteiger partial charge < -0.3 is 5.32 Å². The predicted molar refractivity (Wildman–Crippen MR) is 109 cm³/mol. The van der Waals surface area contributed by atoms with Gasteiger partial charge in [-0.1, -0.05) is 13.0 Å². The van der Waals surface area contributed by atoms with Gasteiger partial charge >= 0.3 is 0 Å². The molecule has 6 nitrogen and oxygen atoms in total. The maximum Gasteiger partial charge on any atom is 0.223 e. The van der Waals surface area contributed by atoms with Crippen molar-refractivity contribution in [2.45, 2.75) is 38.6 Å². The van der Waals surface area contributed by atoms with Gasteiger partial charge in [-0.25, -0.2) is 12.7 Å². The molecule has 1 N–H and O–H groups in total. The van der Waals surface area contributed by atoms with Crippen molar-refractivity contribution in [3.05, 3.63) is 22.4 Å². The fourth-order valence-electron chi connectivity index (χ4n) is 4.02. The summed E-state index contributed by atoms with van der Waals surface area (Å²) < 4.78 is 24.7. The number of hydrogen-bond donors (Lipinski definition) is 1. The van der Waals surface area contributed by atoms with E-state index in [1.165, 1.54) is 28.3 Å². The van der Waals surface area contributed by atoms with Crippen LogP contribution in [0.15, 0.2) is 17.5 Å². The van der Waals surface area contributed by atoms with Crippen LogP contribution in [0.5, 0.6) is 0 Å². The Morgan fingerprint density at radius 2 is 1.89 bits per heavy atom. The minimum Gasteiger partial charge on any atom is -0.354 e. The van der Waals surface area contributed by atoms with Crippen LogP contribution in [0.4, 0.5) is 0 Å². The summed E-state index contributed by atoms with van der Waals surface area (Å²) in [7, 11) is -3.15. The summed E-state index contributed by atoms with van der Waals surface area (Å²) in [5, 5.41) is 5.26.